The molecular weight excluding hydrogens is 228 g/mol. The zero-order valence-electron chi connectivity index (χ0n) is 11.1. The molecule has 0 saturated heterocycles. The van der Waals surface area contributed by atoms with E-state index in [0.29, 0.717) is 0 Å². The highest BCUT2D eigenvalue weighted by atomic mass is 16.3. The molecule has 2 aliphatic rings. The van der Waals surface area contributed by atoms with E-state index in [1.54, 1.807) is 6.26 Å². The largest absolute Gasteiger partial charge is 0.468 e. The van der Waals surface area contributed by atoms with Crippen molar-refractivity contribution in [3.05, 3.63) is 23.7 Å². The molecule has 0 aliphatic heterocycles. The van der Waals surface area contributed by atoms with Gasteiger partial charge in [0, 0.05) is 10.8 Å². The van der Waals surface area contributed by atoms with E-state index in [-0.39, 0.29) is 17.9 Å². The molecule has 0 bridgehead atoms. The topological polar surface area (TPSA) is 53.6 Å². The molecule has 2 N–H and O–H groups in total. The summed E-state index contributed by atoms with van der Waals surface area (Å²) in [6, 6.07) is 2.07. The molecule has 3 nitrogen and oxygen atoms in total. The molecular formula is C15H22O3. The van der Waals surface area contributed by atoms with Crippen molar-refractivity contribution in [1.29, 1.82) is 0 Å². The summed E-state index contributed by atoms with van der Waals surface area (Å²) in [6.45, 7) is 4.30. The number of hydrogen-bond donors (Lipinski definition) is 2. The van der Waals surface area contributed by atoms with E-state index in [1.165, 1.54) is 5.56 Å². The van der Waals surface area contributed by atoms with Crippen LogP contribution in [0.4, 0.5) is 0 Å². The monoisotopic (exact) mass is 250 g/mol. The summed E-state index contributed by atoms with van der Waals surface area (Å²) in [5.74, 6) is 1.38. The van der Waals surface area contributed by atoms with Gasteiger partial charge in [0.25, 0.3) is 0 Å². The van der Waals surface area contributed by atoms with Crippen LogP contribution in [-0.2, 0) is 11.8 Å². The fraction of sp³-hybridized carbons (Fsp3) is 0.733. The summed E-state index contributed by atoms with van der Waals surface area (Å²) < 4.78 is 5.74. The van der Waals surface area contributed by atoms with Crippen LogP contribution >= 0.6 is 0 Å². The Kier molecular flexibility index (Phi) is 2.62. The third-order valence-corrected chi connectivity index (χ3v) is 5.57. The van der Waals surface area contributed by atoms with E-state index in [0.717, 1.165) is 31.4 Å². The molecule has 1 heterocycles. The van der Waals surface area contributed by atoms with Crippen LogP contribution in [-0.4, -0.2) is 22.9 Å². The molecule has 3 heteroatoms. The van der Waals surface area contributed by atoms with E-state index < -0.39 is 11.5 Å². The lowest BCUT2D eigenvalue weighted by Crippen LogP contribution is -2.56. The highest BCUT2D eigenvalue weighted by Crippen LogP contribution is 2.57. The first kappa shape index (κ1) is 12.2. The molecule has 2 aliphatic carbocycles. The van der Waals surface area contributed by atoms with Gasteiger partial charge in [-0.3, -0.25) is 0 Å². The molecule has 1 saturated carbocycles. The lowest BCUT2D eigenvalue weighted by atomic mass is 9.50. The number of fused-ring (bicyclic) bond motifs is 3. The third kappa shape index (κ3) is 1.38. The van der Waals surface area contributed by atoms with Crippen LogP contribution in [0.25, 0.3) is 0 Å². The lowest BCUT2D eigenvalue weighted by molar-refractivity contribution is -0.114. The number of hydrogen-bond acceptors (Lipinski definition) is 3. The summed E-state index contributed by atoms with van der Waals surface area (Å²) in [4.78, 5) is 0. The molecule has 1 aromatic heterocycles. The fourth-order valence-electron chi connectivity index (χ4n) is 4.37. The maximum absolute atomic E-state index is 10.3. The van der Waals surface area contributed by atoms with Gasteiger partial charge in [-0.15, -0.1) is 0 Å². The Morgan fingerprint density at radius 3 is 2.89 bits per heavy atom. The fourth-order valence-corrected chi connectivity index (χ4v) is 4.37. The lowest BCUT2D eigenvalue weighted by Gasteiger charge is -2.55. The minimum Gasteiger partial charge on any atom is -0.468 e. The van der Waals surface area contributed by atoms with Gasteiger partial charge in [0.1, 0.15) is 5.76 Å². The molecule has 0 aromatic carbocycles. The second-order valence-corrected chi connectivity index (χ2v) is 6.50. The minimum absolute atomic E-state index is 0.0339. The Labute approximate surface area is 108 Å². The van der Waals surface area contributed by atoms with Crippen LogP contribution in [0.5, 0.6) is 0 Å². The van der Waals surface area contributed by atoms with Crippen molar-refractivity contribution in [3.63, 3.8) is 0 Å². The molecule has 4 atom stereocenters. The van der Waals surface area contributed by atoms with Crippen LogP contribution in [0, 0.1) is 11.3 Å². The van der Waals surface area contributed by atoms with E-state index in [1.807, 2.05) is 6.92 Å². The van der Waals surface area contributed by atoms with Gasteiger partial charge in [-0.25, -0.2) is 0 Å². The Morgan fingerprint density at radius 1 is 1.39 bits per heavy atom. The molecule has 18 heavy (non-hydrogen) atoms. The highest BCUT2D eigenvalue weighted by Gasteiger charge is 2.56. The molecule has 0 unspecified atom stereocenters. The van der Waals surface area contributed by atoms with Crippen molar-refractivity contribution in [2.24, 2.45) is 11.3 Å². The van der Waals surface area contributed by atoms with Gasteiger partial charge in [-0.05, 0) is 43.2 Å². The number of furan rings is 1. The molecule has 1 aromatic rings. The van der Waals surface area contributed by atoms with Crippen molar-refractivity contribution in [2.75, 3.05) is 6.61 Å². The SMILES string of the molecule is C[C@]1(CO)[C@@H](O)CC[C@]2(C)c3occc3CC[C@@H]12. The Hall–Kier alpha value is -0.800. The molecule has 1 fully saturated rings. The Morgan fingerprint density at radius 2 is 2.17 bits per heavy atom. The van der Waals surface area contributed by atoms with Crippen LogP contribution in [0.3, 0.4) is 0 Å². The van der Waals surface area contributed by atoms with E-state index >= 15 is 0 Å². The summed E-state index contributed by atoms with van der Waals surface area (Å²) in [7, 11) is 0. The molecule has 0 spiro atoms. The third-order valence-electron chi connectivity index (χ3n) is 5.57. The van der Waals surface area contributed by atoms with Gasteiger partial charge in [0.05, 0.1) is 19.0 Å². The first-order valence-corrected chi connectivity index (χ1v) is 6.88. The first-order chi connectivity index (χ1) is 8.52. The number of aliphatic hydroxyl groups excluding tert-OH is 2. The van der Waals surface area contributed by atoms with E-state index in [9.17, 15) is 10.2 Å². The average molecular weight is 250 g/mol. The van der Waals surface area contributed by atoms with Gasteiger partial charge < -0.3 is 14.6 Å². The smallest absolute Gasteiger partial charge is 0.113 e. The van der Waals surface area contributed by atoms with Crippen LogP contribution in [0.2, 0.25) is 0 Å². The van der Waals surface area contributed by atoms with E-state index in [2.05, 4.69) is 13.0 Å². The van der Waals surface area contributed by atoms with E-state index in [4.69, 9.17) is 4.42 Å². The summed E-state index contributed by atoms with van der Waals surface area (Å²) in [6.07, 6.45) is 5.07. The minimum atomic E-state index is -0.405. The molecule has 3 rings (SSSR count). The van der Waals surface area contributed by atoms with Gasteiger partial charge in [0.15, 0.2) is 0 Å². The van der Waals surface area contributed by atoms with Crippen LogP contribution in [0.1, 0.15) is 44.4 Å². The zero-order valence-corrected chi connectivity index (χ0v) is 11.1. The maximum atomic E-state index is 10.3. The highest BCUT2D eigenvalue weighted by molar-refractivity contribution is 5.31. The zero-order chi connectivity index (χ0) is 13.0. The summed E-state index contributed by atoms with van der Waals surface area (Å²) >= 11 is 0. The number of rotatable bonds is 1. The van der Waals surface area contributed by atoms with Gasteiger partial charge in [-0.2, -0.15) is 0 Å². The average Bonchev–Trinajstić information content (AvgIpc) is 2.84. The van der Waals surface area contributed by atoms with Crippen molar-refractivity contribution in [3.8, 4) is 0 Å². The normalized spacial score (nSPS) is 43.3. The molecule has 0 radical (unpaired) electrons. The maximum Gasteiger partial charge on any atom is 0.113 e. The van der Waals surface area contributed by atoms with Crippen molar-refractivity contribution < 1.29 is 14.6 Å². The van der Waals surface area contributed by atoms with Gasteiger partial charge in [0.2, 0.25) is 0 Å². The second-order valence-electron chi connectivity index (χ2n) is 6.50. The van der Waals surface area contributed by atoms with Crippen LogP contribution < -0.4 is 0 Å². The standard InChI is InChI=1S/C15H22O3/c1-14-7-5-12(17)15(2,9-16)11(14)4-3-10-6-8-18-13(10)14/h6,8,11-12,16-17H,3-5,7,9H2,1-2H3/t11-,12+,14+,15-/m1/s1. The number of aliphatic hydroxyl groups is 2. The predicted octanol–water partition coefficient (Wildman–Crippen LogP) is 2.25. The second kappa shape index (κ2) is 3.84. The van der Waals surface area contributed by atoms with Crippen molar-refractivity contribution >= 4 is 0 Å². The van der Waals surface area contributed by atoms with Gasteiger partial charge in [-0.1, -0.05) is 13.8 Å². The quantitative estimate of drug-likeness (QED) is 0.803. The van der Waals surface area contributed by atoms with Crippen molar-refractivity contribution in [2.45, 2.75) is 51.0 Å². The predicted molar refractivity (Wildman–Crippen MR) is 68.3 cm³/mol. The van der Waals surface area contributed by atoms with Crippen LogP contribution in [0.15, 0.2) is 16.7 Å². The Bertz CT molecular complexity index is 452. The van der Waals surface area contributed by atoms with Crippen molar-refractivity contribution in [1.82, 2.24) is 0 Å². The molecule has 100 valence electrons. The Balaban J connectivity index is 2.08. The number of aryl methyl sites for hydroxylation is 1. The first-order valence-electron chi connectivity index (χ1n) is 6.88. The molecule has 0 amide bonds. The van der Waals surface area contributed by atoms with Gasteiger partial charge >= 0.3 is 0 Å². The summed E-state index contributed by atoms with van der Waals surface area (Å²) in [5.41, 5.74) is 0.871. The summed E-state index contributed by atoms with van der Waals surface area (Å²) in [5, 5.41) is 20.1.